The maximum Gasteiger partial charge on any atom is 0.325 e. The molecule has 1 spiro atoms. The summed E-state index contributed by atoms with van der Waals surface area (Å²) in [5, 5.41) is 5.71. The van der Waals surface area contributed by atoms with Gasteiger partial charge in [0, 0.05) is 24.8 Å². The lowest BCUT2D eigenvalue weighted by atomic mass is 9.81. The molecule has 2 fully saturated rings. The maximum atomic E-state index is 13.1. The first-order valence-corrected chi connectivity index (χ1v) is 10.5. The number of nitrogens with zero attached hydrogens (tertiary/aromatic N) is 1. The minimum absolute atomic E-state index is 0.268. The van der Waals surface area contributed by atoms with E-state index in [1.165, 1.54) is 0 Å². The third-order valence-electron chi connectivity index (χ3n) is 6.32. The molecule has 3 heterocycles. The highest BCUT2D eigenvalue weighted by molar-refractivity contribution is 6.09. The third-order valence-corrected chi connectivity index (χ3v) is 6.32. The van der Waals surface area contributed by atoms with Gasteiger partial charge in [0.25, 0.3) is 5.91 Å². The van der Waals surface area contributed by atoms with Crippen LogP contribution in [0.15, 0.2) is 18.2 Å². The normalized spacial score (nSPS) is 25.3. The third kappa shape index (κ3) is 3.53. The van der Waals surface area contributed by atoms with Gasteiger partial charge in [-0.15, -0.1) is 0 Å². The molecule has 1 aromatic carbocycles. The lowest BCUT2D eigenvalue weighted by Crippen LogP contribution is -2.53. The van der Waals surface area contributed by atoms with Crippen molar-refractivity contribution in [2.45, 2.75) is 70.2 Å². The molecule has 30 heavy (non-hydrogen) atoms. The summed E-state index contributed by atoms with van der Waals surface area (Å²) in [7, 11) is 0. The Morgan fingerprint density at radius 3 is 2.60 bits per heavy atom. The van der Waals surface area contributed by atoms with Crippen LogP contribution in [0.3, 0.4) is 0 Å². The zero-order chi connectivity index (χ0) is 21.7. The zero-order valence-corrected chi connectivity index (χ0v) is 17.9. The van der Waals surface area contributed by atoms with Crippen molar-refractivity contribution in [3.8, 4) is 5.75 Å². The van der Waals surface area contributed by atoms with Gasteiger partial charge in [-0.1, -0.05) is 17.7 Å². The van der Waals surface area contributed by atoms with Crippen LogP contribution in [-0.2, 0) is 14.3 Å². The molecule has 0 aliphatic carbocycles. The van der Waals surface area contributed by atoms with Crippen molar-refractivity contribution in [3.63, 3.8) is 0 Å². The molecule has 2 N–H and O–H groups in total. The molecule has 8 nitrogen and oxygen atoms in total. The van der Waals surface area contributed by atoms with Crippen LogP contribution >= 0.6 is 0 Å². The molecule has 3 aliphatic heterocycles. The van der Waals surface area contributed by atoms with Gasteiger partial charge in [0.05, 0.1) is 19.3 Å². The molecule has 0 saturated carbocycles. The van der Waals surface area contributed by atoms with E-state index in [0.717, 1.165) is 34.6 Å². The van der Waals surface area contributed by atoms with Crippen molar-refractivity contribution in [1.29, 1.82) is 0 Å². The number of benzene rings is 1. The van der Waals surface area contributed by atoms with E-state index in [4.69, 9.17) is 9.47 Å². The summed E-state index contributed by atoms with van der Waals surface area (Å²) >= 11 is 0. The van der Waals surface area contributed by atoms with E-state index in [1.54, 1.807) is 20.8 Å². The van der Waals surface area contributed by atoms with Gasteiger partial charge >= 0.3 is 6.03 Å². The van der Waals surface area contributed by atoms with E-state index in [1.807, 2.05) is 25.1 Å². The lowest BCUT2D eigenvalue weighted by molar-refractivity contribution is -0.138. The molecule has 1 aromatic rings. The highest BCUT2D eigenvalue weighted by Crippen LogP contribution is 2.44. The number of nitrogens with one attached hydrogen (secondary N) is 2. The number of imide groups is 1. The minimum atomic E-state index is -1.01. The van der Waals surface area contributed by atoms with Crippen LogP contribution in [-0.4, -0.2) is 53.1 Å². The van der Waals surface area contributed by atoms with E-state index in [9.17, 15) is 14.4 Å². The van der Waals surface area contributed by atoms with E-state index in [0.29, 0.717) is 19.6 Å². The number of aryl methyl sites for hydroxylation is 1. The largest absolute Gasteiger partial charge is 0.487 e. The van der Waals surface area contributed by atoms with Crippen LogP contribution < -0.4 is 15.4 Å². The fourth-order valence-corrected chi connectivity index (χ4v) is 4.50. The summed E-state index contributed by atoms with van der Waals surface area (Å²) in [6.07, 6.45) is 2.13. The lowest BCUT2D eigenvalue weighted by Gasteiger charge is -2.44. The number of ether oxygens (including phenoxy) is 2. The smallest absolute Gasteiger partial charge is 0.325 e. The fraction of sp³-hybridized carbons (Fsp3) is 0.591. The Morgan fingerprint density at radius 2 is 1.97 bits per heavy atom. The van der Waals surface area contributed by atoms with Crippen molar-refractivity contribution in [2.24, 2.45) is 0 Å². The predicted octanol–water partition coefficient (Wildman–Crippen LogP) is 2.20. The van der Waals surface area contributed by atoms with E-state index in [-0.39, 0.29) is 17.6 Å². The Kier molecular flexibility index (Phi) is 5.00. The summed E-state index contributed by atoms with van der Waals surface area (Å²) in [5.74, 6) is -0.000124. The first-order chi connectivity index (χ1) is 14.1. The standard InChI is InChI=1S/C22H29N3O5/c1-13-5-6-17-15(11-13)16(12-22(30-17)7-9-29-10-8-22)23-18(26)14(2)25-19(27)21(3,4)24-20(25)28/h5-6,11,14,16H,7-10,12H2,1-4H3,(H,23,26)(H,24,28). The summed E-state index contributed by atoms with van der Waals surface area (Å²) in [4.78, 5) is 39.0. The minimum Gasteiger partial charge on any atom is -0.487 e. The van der Waals surface area contributed by atoms with Crippen LogP contribution in [0, 0.1) is 6.92 Å². The summed E-state index contributed by atoms with van der Waals surface area (Å²) in [6.45, 7) is 8.07. The van der Waals surface area contributed by atoms with E-state index >= 15 is 0 Å². The molecule has 8 heteroatoms. The summed E-state index contributed by atoms with van der Waals surface area (Å²) < 4.78 is 11.9. The molecule has 4 rings (SSSR count). The van der Waals surface area contributed by atoms with Crippen molar-refractivity contribution in [3.05, 3.63) is 29.3 Å². The molecule has 162 valence electrons. The Hall–Kier alpha value is -2.61. The van der Waals surface area contributed by atoms with E-state index in [2.05, 4.69) is 10.6 Å². The topological polar surface area (TPSA) is 97.0 Å². The molecule has 0 aromatic heterocycles. The van der Waals surface area contributed by atoms with Crippen LogP contribution in [0.5, 0.6) is 5.75 Å². The van der Waals surface area contributed by atoms with E-state index < -0.39 is 23.5 Å². The molecule has 2 unspecified atom stereocenters. The number of carbonyl (C=O) groups is 3. The zero-order valence-electron chi connectivity index (χ0n) is 17.9. The fourth-order valence-electron chi connectivity index (χ4n) is 4.50. The number of hydrogen-bond acceptors (Lipinski definition) is 5. The second-order valence-corrected chi connectivity index (χ2v) is 9.11. The number of rotatable bonds is 3. The highest BCUT2D eigenvalue weighted by Gasteiger charge is 2.49. The molecular formula is C22H29N3O5. The number of fused-ring (bicyclic) bond motifs is 1. The van der Waals surface area contributed by atoms with Gasteiger partial charge < -0.3 is 20.1 Å². The Morgan fingerprint density at radius 1 is 1.27 bits per heavy atom. The average Bonchev–Trinajstić information content (AvgIpc) is 2.89. The summed E-state index contributed by atoms with van der Waals surface area (Å²) in [6, 6.07) is 4.24. The highest BCUT2D eigenvalue weighted by atomic mass is 16.5. The van der Waals surface area contributed by atoms with Crippen LogP contribution in [0.2, 0.25) is 0 Å². The molecule has 3 aliphatic rings. The Bertz CT molecular complexity index is 891. The van der Waals surface area contributed by atoms with Gasteiger partial charge in [0.1, 0.15) is 22.9 Å². The van der Waals surface area contributed by atoms with Gasteiger partial charge in [0.15, 0.2) is 0 Å². The second kappa shape index (κ2) is 7.27. The van der Waals surface area contributed by atoms with Gasteiger partial charge in [-0.25, -0.2) is 9.69 Å². The van der Waals surface area contributed by atoms with Gasteiger partial charge in [0.2, 0.25) is 5.91 Å². The van der Waals surface area contributed by atoms with Crippen molar-refractivity contribution in [2.75, 3.05) is 13.2 Å². The number of urea groups is 1. The van der Waals surface area contributed by atoms with Crippen LogP contribution in [0.25, 0.3) is 0 Å². The Labute approximate surface area is 176 Å². The van der Waals surface area contributed by atoms with Crippen molar-refractivity contribution in [1.82, 2.24) is 15.5 Å². The number of amides is 4. The van der Waals surface area contributed by atoms with Crippen molar-refractivity contribution >= 4 is 17.8 Å². The number of hydrogen-bond donors (Lipinski definition) is 2. The van der Waals surface area contributed by atoms with Crippen LogP contribution in [0.1, 0.15) is 57.2 Å². The molecule has 0 radical (unpaired) electrons. The molecule has 0 bridgehead atoms. The maximum absolute atomic E-state index is 13.1. The van der Waals surface area contributed by atoms with Gasteiger partial charge in [-0.05, 0) is 33.8 Å². The average molecular weight is 415 g/mol. The Balaban J connectivity index is 1.58. The predicted molar refractivity (Wildman–Crippen MR) is 109 cm³/mol. The van der Waals surface area contributed by atoms with Gasteiger partial charge in [-0.2, -0.15) is 0 Å². The van der Waals surface area contributed by atoms with Gasteiger partial charge in [-0.3, -0.25) is 9.59 Å². The van der Waals surface area contributed by atoms with Crippen molar-refractivity contribution < 1.29 is 23.9 Å². The second-order valence-electron chi connectivity index (χ2n) is 9.11. The molecular weight excluding hydrogens is 386 g/mol. The monoisotopic (exact) mass is 415 g/mol. The first kappa shape index (κ1) is 20.7. The SMILES string of the molecule is Cc1ccc2c(c1)C(NC(=O)C(C)N1C(=O)NC(C)(C)C1=O)CC1(CCOCC1)O2. The quantitative estimate of drug-likeness (QED) is 0.738. The first-order valence-electron chi connectivity index (χ1n) is 10.5. The van der Waals surface area contributed by atoms with Crippen LogP contribution in [0.4, 0.5) is 4.79 Å². The molecule has 4 amide bonds. The molecule has 2 saturated heterocycles. The summed E-state index contributed by atoms with van der Waals surface area (Å²) in [5.41, 5.74) is 0.596. The number of carbonyl (C=O) groups excluding carboxylic acids is 3. The molecule has 2 atom stereocenters.